The number of amides is 1. The van der Waals surface area contributed by atoms with Crippen molar-refractivity contribution in [3.8, 4) is 5.75 Å². The lowest BCUT2D eigenvalue weighted by atomic mass is 10.1. The highest BCUT2D eigenvalue weighted by Gasteiger charge is 2.26. The number of piperidine rings is 1. The summed E-state index contributed by atoms with van der Waals surface area (Å²) in [7, 11) is 0. The molecule has 1 aliphatic heterocycles. The summed E-state index contributed by atoms with van der Waals surface area (Å²) in [5.74, 6) is 0.689. The van der Waals surface area contributed by atoms with Crippen molar-refractivity contribution in [3.05, 3.63) is 28.8 Å². The Hall–Kier alpha value is -1.22. The number of halogens is 1. The van der Waals surface area contributed by atoms with Crippen LogP contribution < -0.4 is 4.74 Å². The van der Waals surface area contributed by atoms with Gasteiger partial charge in [-0.15, -0.1) is 0 Å². The van der Waals surface area contributed by atoms with Crippen LogP contribution in [0.15, 0.2) is 18.2 Å². The van der Waals surface area contributed by atoms with Gasteiger partial charge in [0.25, 0.3) is 5.91 Å². The number of ether oxygens (including phenoxy) is 1. The van der Waals surface area contributed by atoms with Crippen LogP contribution in [0.3, 0.4) is 0 Å². The number of carbonyl (C=O) groups excluding carboxylic acids is 1. The molecule has 0 aromatic heterocycles. The molecule has 1 aromatic carbocycles. The average Bonchev–Trinajstić information content (AvgIpc) is 2.48. The molecule has 0 saturated carbocycles. The molecule has 1 heterocycles. The Balaban J connectivity index is 2.07. The van der Waals surface area contributed by atoms with Gasteiger partial charge in [0.1, 0.15) is 5.75 Å². The van der Waals surface area contributed by atoms with Crippen LogP contribution in [0, 0.1) is 6.92 Å². The van der Waals surface area contributed by atoms with Crippen molar-refractivity contribution >= 4 is 17.5 Å². The van der Waals surface area contributed by atoms with E-state index in [1.54, 1.807) is 0 Å². The van der Waals surface area contributed by atoms with Crippen molar-refractivity contribution in [2.24, 2.45) is 0 Å². The zero-order chi connectivity index (χ0) is 14.5. The van der Waals surface area contributed by atoms with E-state index in [1.807, 2.05) is 36.9 Å². The number of carbonyl (C=O) groups is 1. The predicted octanol–water partition coefficient (Wildman–Crippen LogP) is 3.82. The van der Waals surface area contributed by atoms with Crippen molar-refractivity contribution in [1.29, 1.82) is 0 Å². The molecular formula is C16H22ClNO2. The van der Waals surface area contributed by atoms with Gasteiger partial charge in [0.15, 0.2) is 6.10 Å². The summed E-state index contributed by atoms with van der Waals surface area (Å²) in [5.41, 5.74) is 1.07. The Morgan fingerprint density at radius 2 is 2.05 bits per heavy atom. The Bertz CT molecular complexity index is 470. The van der Waals surface area contributed by atoms with E-state index in [-0.39, 0.29) is 5.91 Å². The maximum Gasteiger partial charge on any atom is 0.263 e. The maximum absolute atomic E-state index is 12.5. The molecule has 1 saturated heterocycles. The summed E-state index contributed by atoms with van der Waals surface area (Å²) in [6.45, 7) is 5.65. The van der Waals surface area contributed by atoms with Gasteiger partial charge in [0.05, 0.1) is 5.02 Å². The van der Waals surface area contributed by atoms with Gasteiger partial charge in [-0.1, -0.05) is 24.6 Å². The first-order valence-corrected chi connectivity index (χ1v) is 7.71. The van der Waals surface area contributed by atoms with E-state index in [4.69, 9.17) is 16.3 Å². The second-order valence-corrected chi connectivity index (χ2v) is 5.74. The second-order valence-electron chi connectivity index (χ2n) is 5.33. The summed E-state index contributed by atoms with van der Waals surface area (Å²) in [4.78, 5) is 14.4. The normalized spacial score (nSPS) is 16.9. The first-order valence-electron chi connectivity index (χ1n) is 7.33. The molecule has 1 atom stereocenters. The van der Waals surface area contributed by atoms with Crippen LogP contribution in [-0.4, -0.2) is 30.0 Å². The fraction of sp³-hybridized carbons (Fsp3) is 0.562. The van der Waals surface area contributed by atoms with Crippen molar-refractivity contribution in [2.75, 3.05) is 13.1 Å². The van der Waals surface area contributed by atoms with Crippen LogP contribution in [0.2, 0.25) is 5.02 Å². The molecule has 110 valence electrons. The van der Waals surface area contributed by atoms with Crippen LogP contribution in [0.25, 0.3) is 0 Å². The van der Waals surface area contributed by atoms with Gasteiger partial charge < -0.3 is 9.64 Å². The van der Waals surface area contributed by atoms with Crippen molar-refractivity contribution in [3.63, 3.8) is 0 Å². The standard InChI is InChI=1S/C16H22ClNO2/c1-3-14(16(19)18-9-5-4-6-10-18)20-15-11-12(2)7-8-13(15)17/h7-8,11,14H,3-6,9-10H2,1-2H3/t14-/m0/s1. The summed E-state index contributed by atoms with van der Waals surface area (Å²) in [6.07, 6.45) is 3.61. The third kappa shape index (κ3) is 3.66. The zero-order valence-electron chi connectivity index (χ0n) is 12.2. The molecule has 1 amide bonds. The van der Waals surface area contributed by atoms with Crippen LogP contribution in [0.1, 0.15) is 38.2 Å². The van der Waals surface area contributed by atoms with E-state index in [9.17, 15) is 4.79 Å². The fourth-order valence-corrected chi connectivity index (χ4v) is 2.64. The molecule has 20 heavy (non-hydrogen) atoms. The Kier molecular flexibility index (Phi) is 5.30. The van der Waals surface area contributed by atoms with Gasteiger partial charge in [-0.25, -0.2) is 0 Å². The van der Waals surface area contributed by atoms with E-state index in [1.165, 1.54) is 6.42 Å². The van der Waals surface area contributed by atoms with Crippen LogP contribution >= 0.6 is 11.6 Å². The number of hydrogen-bond donors (Lipinski definition) is 0. The number of likely N-dealkylation sites (tertiary alicyclic amines) is 1. The summed E-state index contributed by atoms with van der Waals surface area (Å²) in [5, 5.41) is 0.556. The molecule has 4 heteroatoms. The highest BCUT2D eigenvalue weighted by molar-refractivity contribution is 6.32. The van der Waals surface area contributed by atoms with Crippen molar-refractivity contribution < 1.29 is 9.53 Å². The monoisotopic (exact) mass is 295 g/mol. The molecule has 0 unspecified atom stereocenters. The third-order valence-electron chi connectivity index (χ3n) is 3.67. The molecule has 0 radical (unpaired) electrons. The van der Waals surface area contributed by atoms with Crippen molar-refractivity contribution in [2.45, 2.75) is 45.6 Å². The summed E-state index contributed by atoms with van der Waals surface area (Å²) >= 11 is 6.14. The smallest absolute Gasteiger partial charge is 0.263 e. The minimum atomic E-state index is -0.438. The Morgan fingerprint density at radius 3 is 2.70 bits per heavy atom. The fourth-order valence-electron chi connectivity index (χ4n) is 2.48. The highest BCUT2D eigenvalue weighted by Crippen LogP contribution is 2.27. The zero-order valence-corrected chi connectivity index (χ0v) is 12.9. The Morgan fingerprint density at radius 1 is 1.35 bits per heavy atom. The number of hydrogen-bond acceptors (Lipinski definition) is 2. The predicted molar refractivity (Wildman–Crippen MR) is 81.3 cm³/mol. The molecule has 3 nitrogen and oxygen atoms in total. The Labute approximate surface area is 125 Å². The molecular weight excluding hydrogens is 274 g/mol. The lowest BCUT2D eigenvalue weighted by Gasteiger charge is -2.30. The van der Waals surface area contributed by atoms with Gasteiger partial charge in [0, 0.05) is 13.1 Å². The van der Waals surface area contributed by atoms with Gasteiger partial charge in [-0.3, -0.25) is 4.79 Å². The van der Waals surface area contributed by atoms with Crippen LogP contribution in [-0.2, 0) is 4.79 Å². The largest absolute Gasteiger partial charge is 0.479 e. The third-order valence-corrected chi connectivity index (χ3v) is 3.98. The molecule has 1 aliphatic rings. The first-order chi connectivity index (χ1) is 9.61. The molecule has 0 aliphatic carbocycles. The van der Waals surface area contributed by atoms with E-state index in [2.05, 4.69) is 0 Å². The van der Waals surface area contributed by atoms with Gasteiger partial charge in [-0.2, -0.15) is 0 Å². The minimum absolute atomic E-state index is 0.0878. The summed E-state index contributed by atoms with van der Waals surface area (Å²) in [6, 6.07) is 5.63. The molecule has 1 aromatic rings. The number of rotatable bonds is 4. The van der Waals surface area contributed by atoms with E-state index in [0.29, 0.717) is 17.2 Å². The van der Waals surface area contributed by atoms with Gasteiger partial charge in [-0.05, 0) is 50.3 Å². The highest BCUT2D eigenvalue weighted by atomic mass is 35.5. The first kappa shape index (κ1) is 15.2. The minimum Gasteiger partial charge on any atom is -0.479 e. The number of benzene rings is 1. The maximum atomic E-state index is 12.5. The topological polar surface area (TPSA) is 29.5 Å². The lowest BCUT2D eigenvalue weighted by molar-refractivity contribution is -0.139. The van der Waals surface area contributed by atoms with E-state index >= 15 is 0 Å². The summed E-state index contributed by atoms with van der Waals surface area (Å²) < 4.78 is 5.87. The number of nitrogens with zero attached hydrogens (tertiary/aromatic N) is 1. The molecule has 1 fully saturated rings. The van der Waals surface area contributed by atoms with Crippen molar-refractivity contribution in [1.82, 2.24) is 4.90 Å². The quantitative estimate of drug-likeness (QED) is 0.845. The van der Waals surface area contributed by atoms with E-state index < -0.39 is 6.10 Å². The SMILES string of the molecule is CC[C@H](Oc1cc(C)ccc1Cl)C(=O)N1CCCCC1. The van der Waals surface area contributed by atoms with Crippen LogP contribution in [0.5, 0.6) is 5.75 Å². The second kappa shape index (κ2) is 6.98. The molecule has 0 bridgehead atoms. The molecule has 0 spiro atoms. The molecule has 2 rings (SSSR count). The number of aryl methyl sites for hydroxylation is 1. The lowest BCUT2D eigenvalue weighted by Crippen LogP contribution is -2.44. The van der Waals surface area contributed by atoms with Gasteiger partial charge >= 0.3 is 0 Å². The van der Waals surface area contributed by atoms with Gasteiger partial charge in [0.2, 0.25) is 0 Å². The van der Waals surface area contributed by atoms with E-state index in [0.717, 1.165) is 31.5 Å². The average molecular weight is 296 g/mol. The van der Waals surface area contributed by atoms with Crippen LogP contribution in [0.4, 0.5) is 0 Å². The molecule has 0 N–H and O–H groups in total.